The summed E-state index contributed by atoms with van der Waals surface area (Å²) in [6, 6.07) is 3.50. The van der Waals surface area contributed by atoms with Crippen LogP contribution in [-0.4, -0.2) is 24.7 Å². The maximum absolute atomic E-state index is 11.8. The van der Waals surface area contributed by atoms with Gasteiger partial charge < -0.3 is 0 Å². The zero-order valence-electron chi connectivity index (χ0n) is 9.90. The number of rotatable bonds is 3. The molecule has 0 saturated heterocycles. The van der Waals surface area contributed by atoms with E-state index in [1.54, 1.807) is 26.8 Å². The quantitative estimate of drug-likeness (QED) is 0.784. The fourth-order valence-electron chi connectivity index (χ4n) is 1.04. The minimum atomic E-state index is -3.38. The van der Waals surface area contributed by atoms with Gasteiger partial charge in [-0.1, -0.05) is 0 Å². The number of ketones is 1. The summed E-state index contributed by atoms with van der Waals surface area (Å²) < 4.78 is 22.8. The average molecular weight is 260 g/mol. The van der Waals surface area contributed by atoms with Crippen LogP contribution in [0.15, 0.2) is 12.1 Å². The molecule has 0 amide bonds. The molecule has 0 bridgehead atoms. The Bertz CT molecular complexity index is 490. The van der Waals surface area contributed by atoms with Crippen LogP contribution in [0.3, 0.4) is 0 Å². The predicted molar refractivity (Wildman–Crippen MR) is 66.9 cm³/mol. The van der Waals surface area contributed by atoms with Crippen molar-refractivity contribution >= 4 is 27.0 Å². The smallest absolute Gasteiger partial charge is 0.187 e. The molecule has 1 aromatic rings. The number of aryl methyl sites for hydroxylation is 1. The van der Waals surface area contributed by atoms with Gasteiger partial charge in [0.05, 0.1) is 9.62 Å². The molecule has 0 aliphatic carbocycles. The lowest BCUT2D eigenvalue weighted by molar-refractivity contribution is 0.102. The third-order valence-corrected chi connectivity index (χ3v) is 5.82. The Morgan fingerprint density at radius 2 is 1.88 bits per heavy atom. The molecule has 0 atom stereocenters. The summed E-state index contributed by atoms with van der Waals surface area (Å²) in [7, 11) is -3.38. The van der Waals surface area contributed by atoms with Gasteiger partial charge in [-0.25, -0.2) is 8.42 Å². The van der Waals surface area contributed by atoms with E-state index in [0.717, 1.165) is 4.88 Å². The molecule has 0 aliphatic rings. The molecule has 1 heterocycles. The van der Waals surface area contributed by atoms with Gasteiger partial charge in [0.2, 0.25) is 0 Å². The van der Waals surface area contributed by atoms with Gasteiger partial charge in [0, 0.05) is 4.88 Å². The van der Waals surface area contributed by atoms with Crippen molar-refractivity contribution in [1.29, 1.82) is 0 Å². The van der Waals surface area contributed by atoms with Crippen molar-refractivity contribution in [2.45, 2.75) is 32.4 Å². The Morgan fingerprint density at radius 1 is 1.31 bits per heavy atom. The minimum absolute atomic E-state index is 0.312. The van der Waals surface area contributed by atoms with Crippen LogP contribution in [0.25, 0.3) is 0 Å². The van der Waals surface area contributed by atoms with Crippen molar-refractivity contribution in [3.8, 4) is 0 Å². The van der Waals surface area contributed by atoms with E-state index in [1.807, 2.05) is 13.0 Å². The third-order valence-electron chi connectivity index (χ3n) is 2.27. The molecule has 0 spiro atoms. The second-order valence-corrected chi connectivity index (χ2v) is 8.74. The zero-order chi connectivity index (χ0) is 12.6. The van der Waals surface area contributed by atoms with Crippen LogP contribution in [-0.2, 0) is 9.84 Å². The van der Waals surface area contributed by atoms with Gasteiger partial charge in [0.25, 0.3) is 0 Å². The first-order chi connectivity index (χ1) is 7.13. The van der Waals surface area contributed by atoms with Gasteiger partial charge in [0.1, 0.15) is 5.75 Å². The number of thiophene rings is 1. The largest absolute Gasteiger partial charge is 0.292 e. The Labute approximate surface area is 100 Å². The number of sulfone groups is 1. The van der Waals surface area contributed by atoms with Gasteiger partial charge in [-0.05, 0) is 39.8 Å². The van der Waals surface area contributed by atoms with E-state index in [0.29, 0.717) is 4.88 Å². The first-order valence-corrected chi connectivity index (χ1v) is 7.42. The molecule has 16 heavy (non-hydrogen) atoms. The van der Waals surface area contributed by atoms with E-state index in [4.69, 9.17) is 0 Å². The van der Waals surface area contributed by atoms with E-state index in [-0.39, 0.29) is 5.78 Å². The summed E-state index contributed by atoms with van der Waals surface area (Å²) in [5, 5.41) is 0. The number of Topliss-reactive ketones (excluding diaryl/α,β-unsaturated/α-hetero) is 1. The molecular weight excluding hydrogens is 244 g/mol. The number of carbonyl (C=O) groups is 1. The number of hydrogen-bond acceptors (Lipinski definition) is 4. The molecule has 0 aromatic carbocycles. The van der Waals surface area contributed by atoms with E-state index < -0.39 is 20.3 Å². The van der Waals surface area contributed by atoms with Crippen molar-refractivity contribution in [2.75, 3.05) is 5.75 Å². The van der Waals surface area contributed by atoms with Crippen LogP contribution in [0.1, 0.15) is 35.3 Å². The Kier molecular flexibility index (Phi) is 3.59. The second kappa shape index (κ2) is 4.30. The highest BCUT2D eigenvalue weighted by Gasteiger charge is 2.31. The van der Waals surface area contributed by atoms with Crippen LogP contribution >= 0.6 is 11.3 Å². The van der Waals surface area contributed by atoms with Crippen molar-refractivity contribution in [1.82, 2.24) is 0 Å². The summed E-state index contributed by atoms with van der Waals surface area (Å²) in [6.45, 7) is 6.71. The summed E-state index contributed by atoms with van der Waals surface area (Å²) in [6.07, 6.45) is 0. The summed E-state index contributed by atoms with van der Waals surface area (Å²) in [5.74, 6) is -0.718. The van der Waals surface area contributed by atoms with E-state index in [1.165, 1.54) is 11.3 Å². The van der Waals surface area contributed by atoms with Crippen molar-refractivity contribution in [2.24, 2.45) is 0 Å². The molecule has 3 nitrogen and oxygen atoms in total. The maximum atomic E-state index is 11.8. The zero-order valence-corrected chi connectivity index (χ0v) is 11.5. The van der Waals surface area contributed by atoms with Crippen LogP contribution in [0.5, 0.6) is 0 Å². The molecule has 1 rings (SSSR count). The first-order valence-electron chi connectivity index (χ1n) is 4.95. The van der Waals surface area contributed by atoms with Crippen molar-refractivity contribution in [3.63, 3.8) is 0 Å². The van der Waals surface area contributed by atoms with Gasteiger partial charge in [-0.15, -0.1) is 11.3 Å². The lowest BCUT2D eigenvalue weighted by atomic mass is 10.3. The number of hydrogen-bond donors (Lipinski definition) is 0. The molecule has 0 saturated carbocycles. The normalized spacial score (nSPS) is 12.8. The molecule has 90 valence electrons. The van der Waals surface area contributed by atoms with E-state index >= 15 is 0 Å². The summed E-state index contributed by atoms with van der Waals surface area (Å²) in [5.41, 5.74) is 0. The fraction of sp³-hybridized carbons (Fsp3) is 0.545. The van der Waals surface area contributed by atoms with Crippen molar-refractivity contribution in [3.05, 3.63) is 21.9 Å². The highest BCUT2D eigenvalue weighted by atomic mass is 32.2. The van der Waals surface area contributed by atoms with Crippen LogP contribution < -0.4 is 0 Å². The molecule has 0 aliphatic heterocycles. The minimum Gasteiger partial charge on any atom is -0.292 e. The van der Waals surface area contributed by atoms with E-state index in [9.17, 15) is 13.2 Å². The fourth-order valence-corrected chi connectivity index (χ4v) is 2.87. The van der Waals surface area contributed by atoms with Gasteiger partial charge in [-0.2, -0.15) is 0 Å². The molecular formula is C11H16O3S2. The SMILES string of the molecule is Cc1ccc(C(=O)CS(=O)(=O)C(C)(C)C)s1. The number of carbonyl (C=O) groups excluding carboxylic acids is 1. The first kappa shape index (κ1) is 13.4. The highest BCUT2D eigenvalue weighted by molar-refractivity contribution is 7.93. The van der Waals surface area contributed by atoms with Crippen LogP contribution in [0.4, 0.5) is 0 Å². The summed E-state index contributed by atoms with van der Waals surface area (Å²) in [4.78, 5) is 13.3. The van der Waals surface area contributed by atoms with Crippen LogP contribution in [0.2, 0.25) is 0 Å². The highest BCUT2D eigenvalue weighted by Crippen LogP contribution is 2.20. The molecule has 0 unspecified atom stereocenters. The standard InChI is InChI=1S/C11H16O3S2/c1-8-5-6-10(15-8)9(12)7-16(13,14)11(2,3)4/h5-6H,7H2,1-4H3. The van der Waals surface area contributed by atoms with Gasteiger partial charge in [-0.3, -0.25) is 4.79 Å². The Morgan fingerprint density at radius 3 is 2.25 bits per heavy atom. The van der Waals surface area contributed by atoms with E-state index in [2.05, 4.69) is 0 Å². The Hall–Kier alpha value is -0.680. The monoisotopic (exact) mass is 260 g/mol. The lowest BCUT2D eigenvalue weighted by Gasteiger charge is -2.18. The lowest BCUT2D eigenvalue weighted by Crippen LogP contribution is -2.33. The second-order valence-electron chi connectivity index (χ2n) is 4.70. The maximum Gasteiger partial charge on any atom is 0.187 e. The Balaban J connectivity index is 2.88. The molecule has 0 radical (unpaired) electrons. The molecule has 0 N–H and O–H groups in total. The average Bonchev–Trinajstić information content (AvgIpc) is 2.48. The molecule has 5 heteroatoms. The molecule has 0 fully saturated rings. The third kappa shape index (κ3) is 2.92. The summed E-state index contributed by atoms with van der Waals surface area (Å²) >= 11 is 1.33. The molecule has 1 aromatic heterocycles. The van der Waals surface area contributed by atoms with Crippen LogP contribution in [0, 0.1) is 6.92 Å². The van der Waals surface area contributed by atoms with Gasteiger partial charge >= 0.3 is 0 Å². The van der Waals surface area contributed by atoms with Gasteiger partial charge in [0.15, 0.2) is 15.6 Å². The predicted octanol–water partition coefficient (Wildman–Crippen LogP) is 2.45. The van der Waals surface area contributed by atoms with Crippen molar-refractivity contribution < 1.29 is 13.2 Å². The topological polar surface area (TPSA) is 51.2 Å².